The van der Waals surface area contributed by atoms with Gasteiger partial charge in [-0.1, -0.05) is 0 Å². The van der Waals surface area contributed by atoms with E-state index in [4.69, 9.17) is 18.0 Å². The molecule has 1 heterocycles. The SMILES string of the molecule is Nc1ccn(C(=S)Nc2ccc([N+](=O)[O-])cc2)n1. The van der Waals surface area contributed by atoms with Crippen LogP contribution in [0.15, 0.2) is 36.5 Å². The third-order valence-corrected chi connectivity index (χ3v) is 2.44. The molecule has 0 aliphatic rings. The van der Waals surface area contributed by atoms with E-state index in [1.807, 2.05) is 0 Å². The zero-order chi connectivity index (χ0) is 13.1. The molecule has 0 amide bonds. The average molecular weight is 263 g/mol. The molecule has 8 heteroatoms. The summed E-state index contributed by atoms with van der Waals surface area (Å²) in [6.45, 7) is 0. The van der Waals surface area contributed by atoms with Crippen LogP contribution in [0, 0.1) is 10.1 Å². The molecule has 0 bridgehead atoms. The zero-order valence-corrected chi connectivity index (χ0v) is 9.92. The fourth-order valence-electron chi connectivity index (χ4n) is 1.30. The number of thiocarbonyl (C=S) groups is 1. The standard InChI is InChI=1S/C10H9N5O2S/c11-9-5-6-14(13-9)10(18)12-7-1-3-8(4-2-7)15(16)17/h1-6H,(H2,11,13)(H,12,18). The molecule has 7 nitrogen and oxygen atoms in total. The molecule has 1 aromatic carbocycles. The Morgan fingerprint density at radius 3 is 2.56 bits per heavy atom. The summed E-state index contributed by atoms with van der Waals surface area (Å²) >= 11 is 5.10. The number of nitrogens with one attached hydrogen (secondary N) is 1. The van der Waals surface area contributed by atoms with E-state index in [1.54, 1.807) is 24.4 Å². The van der Waals surface area contributed by atoms with E-state index < -0.39 is 4.92 Å². The number of anilines is 2. The van der Waals surface area contributed by atoms with Gasteiger partial charge in [0, 0.05) is 30.1 Å². The van der Waals surface area contributed by atoms with Crippen LogP contribution in [-0.4, -0.2) is 19.8 Å². The highest BCUT2D eigenvalue weighted by molar-refractivity contribution is 7.80. The summed E-state index contributed by atoms with van der Waals surface area (Å²) in [6.07, 6.45) is 1.62. The third kappa shape index (κ3) is 2.61. The number of rotatable bonds is 2. The van der Waals surface area contributed by atoms with Crippen LogP contribution in [0.2, 0.25) is 0 Å². The van der Waals surface area contributed by atoms with Gasteiger partial charge in [-0.3, -0.25) is 10.1 Å². The van der Waals surface area contributed by atoms with Crippen molar-refractivity contribution in [2.75, 3.05) is 11.1 Å². The van der Waals surface area contributed by atoms with Crippen molar-refractivity contribution < 1.29 is 4.92 Å². The molecule has 0 saturated heterocycles. The number of aromatic nitrogens is 2. The predicted molar refractivity (Wildman–Crippen MR) is 71.4 cm³/mol. The van der Waals surface area contributed by atoms with E-state index in [0.29, 0.717) is 16.6 Å². The maximum atomic E-state index is 10.5. The highest BCUT2D eigenvalue weighted by Crippen LogP contribution is 2.15. The first-order valence-corrected chi connectivity index (χ1v) is 5.34. The van der Waals surface area contributed by atoms with Gasteiger partial charge in [0.25, 0.3) is 5.69 Å². The number of nitrogens with two attached hydrogens (primary N) is 1. The Balaban J connectivity index is 2.10. The monoisotopic (exact) mass is 263 g/mol. The fourth-order valence-corrected chi connectivity index (χ4v) is 1.52. The molecule has 2 aromatic rings. The number of nitro benzene ring substituents is 1. The minimum Gasteiger partial charge on any atom is -0.382 e. The second kappa shape index (κ2) is 4.80. The lowest BCUT2D eigenvalue weighted by molar-refractivity contribution is -0.384. The third-order valence-electron chi connectivity index (χ3n) is 2.15. The molecule has 0 saturated carbocycles. The molecule has 3 N–H and O–H groups in total. The summed E-state index contributed by atoms with van der Waals surface area (Å²) in [6, 6.07) is 7.53. The number of nitrogens with zero attached hydrogens (tertiary/aromatic N) is 3. The summed E-state index contributed by atoms with van der Waals surface area (Å²) in [5.74, 6) is 0.364. The van der Waals surface area contributed by atoms with E-state index in [2.05, 4.69) is 10.4 Å². The van der Waals surface area contributed by atoms with Crippen molar-refractivity contribution >= 4 is 34.5 Å². The summed E-state index contributed by atoms with van der Waals surface area (Å²) in [4.78, 5) is 10.0. The van der Waals surface area contributed by atoms with Crippen LogP contribution in [-0.2, 0) is 0 Å². The van der Waals surface area contributed by atoms with Crippen LogP contribution >= 0.6 is 12.2 Å². The maximum absolute atomic E-state index is 10.5. The molecule has 0 aliphatic heterocycles. The second-order valence-electron chi connectivity index (χ2n) is 3.42. The molecular formula is C10H9N5O2S. The predicted octanol–water partition coefficient (Wildman–Crippen LogP) is 1.62. The zero-order valence-electron chi connectivity index (χ0n) is 9.11. The first kappa shape index (κ1) is 12.0. The van der Waals surface area contributed by atoms with Gasteiger partial charge in [0.05, 0.1) is 4.92 Å². The van der Waals surface area contributed by atoms with Gasteiger partial charge in [0.2, 0.25) is 0 Å². The molecule has 0 spiro atoms. The Morgan fingerprint density at radius 1 is 1.39 bits per heavy atom. The minimum atomic E-state index is -0.462. The summed E-state index contributed by atoms with van der Waals surface area (Å²) in [5, 5.41) is 17.7. The van der Waals surface area contributed by atoms with Crippen molar-refractivity contribution in [3.05, 3.63) is 46.6 Å². The van der Waals surface area contributed by atoms with Gasteiger partial charge < -0.3 is 11.1 Å². The molecule has 0 fully saturated rings. The molecule has 18 heavy (non-hydrogen) atoms. The highest BCUT2D eigenvalue weighted by atomic mass is 32.1. The van der Waals surface area contributed by atoms with Gasteiger partial charge in [-0.2, -0.15) is 0 Å². The van der Waals surface area contributed by atoms with Crippen molar-refractivity contribution in [3.8, 4) is 0 Å². The Hall–Kier alpha value is -2.48. The Labute approximate surface area is 107 Å². The smallest absolute Gasteiger partial charge is 0.269 e. The van der Waals surface area contributed by atoms with Crippen molar-refractivity contribution in [2.45, 2.75) is 0 Å². The van der Waals surface area contributed by atoms with Crippen molar-refractivity contribution in [2.24, 2.45) is 0 Å². The van der Waals surface area contributed by atoms with Crippen LogP contribution in [0.4, 0.5) is 17.2 Å². The van der Waals surface area contributed by atoms with Gasteiger partial charge in [-0.05, 0) is 24.4 Å². The number of hydrogen-bond donors (Lipinski definition) is 2. The van der Waals surface area contributed by atoms with Crippen LogP contribution in [0.5, 0.6) is 0 Å². The quantitative estimate of drug-likeness (QED) is 0.485. The number of non-ortho nitro benzene ring substituents is 1. The molecule has 0 aliphatic carbocycles. The van der Waals surface area contributed by atoms with Crippen LogP contribution in [0.3, 0.4) is 0 Å². The Morgan fingerprint density at radius 2 is 2.06 bits per heavy atom. The highest BCUT2D eigenvalue weighted by Gasteiger charge is 2.06. The lowest BCUT2D eigenvalue weighted by Gasteiger charge is -2.06. The molecular weight excluding hydrogens is 254 g/mol. The van der Waals surface area contributed by atoms with Gasteiger partial charge in [0.15, 0.2) is 5.11 Å². The first-order valence-electron chi connectivity index (χ1n) is 4.93. The molecule has 0 unspecified atom stereocenters. The normalized spacial score (nSPS) is 10.0. The van der Waals surface area contributed by atoms with Gasteiger partial charge in [-0.25, -0.2) is 4.68 Å². The fraction of sp³-hybridized carbons (Fsp3) is 0. The minimum absolute atomic E-state index is 0.0230. The van der Waals surface area contributed by atoms with Gasteiger partial charge in [0.1, 0.15) is 5.82 Å². The molecule has 1 aromatic heterocycles. The van der Waals surface area contributed by atoms with Crippen LogP contribution < -0.4 is 11.1 Å². The molecule has 2 rings (SSSR count). The largest absolute Gasteiger partial charge is 0.382 e. The van der Waals surface area contributed by atoms with E-state index in [1.165, 1.54) is 16.8 Å². The van der Waals surface area contributed by atoms with Gasteiger partial charge >= 0.3 is 0 Å². The summed E-state index contributed by atoms with van der Waals surface area (Å²) in [5.41, 5.74) is 6.13. The topological polar surface area (TPSA) is 99.0 Å². The Kier molecular flexibility index (Phi) is 3.20. The van der Waals surface area contributed by atoms with Crippen LogP contribution in [0.1, 0.15) is 0 Å². The van der Waals surface area contributed by atoms with E-state index in [9.17, 15) is 10.1 Å². The molecule has 0 radical (unpaired) electrons. The van der Waals surface area contributed by atoms with Gasteiger partial charge in [-0.15, -0.1) is 5.10 Å². The van der Waals surface area contributed by atoms with Crippen LogP contribution in [0.25, 0.3) is 0 Å². The number of hydrogen-bond acceptors (Lipinski definition) is 5. The lowest BCUT2D eigenvalue weighted by atomic mass is 10.3. The second-order valence-corrected chi connectivity index (χ2v) is 3.81. The Bertz CT molecular complexity index is 593. The van der Waals surface area contributed by atoms with Crippen molar-refractivity contribution in [1.82, 2.24) is 9.78 Å². The summed E-state index contributed by atoms with van der Waals surface area (Å²) < 4.78 is 1.41. The average Bonchev–Trinajstić information content (AvgIpc) is 2.76. The number of nitro groups is 1. The van der Waals surface area contributed by atoms with E-state index in [0.717, 1.165) is 0 Å². The molecule has 0 atom stereocenters. The first-order chi connectivity index (χ1) is 8.56. The van der Waals surface area contributed by atoms with Crippen molar-refractivity contribution in [3.63, 3.8) is 0 Å². The lowest BCUT2D eigenvalue weighted by Crippen LogP contribution is -2.19. The van der Waals surface area contributed by atoms with E-state index in [-0.39, 0.29) is 5.69 Å². The number of nitrogen functional groups attached to an aromatic ring is 1. The molecule has 92 valence electrons. The number of benzene rings is 1. The summed E-state index contributed by atoms with van der Waals surface area (Å²) in [7, 11) is 0. The maximum Gasteiger partial charge on any atom is 0.269 e. The van der Waals surface area contributed by atoms with Crippen molar-refractivity contribution in [1.29, 1.82) is 0 Å². The van der Waals surface area contributed by atoms with E-state index >= 15 is 0 Å².